The van der Waals surface area contributed by atoms with Crippen molar-refractivity contribution in [1.82, 2.24) is 19.2 Å². The van der Waals surface area contributed by atoms with Crippen molar-refractivity contribution in [1.29, 1.82) is 5.26 Å². The van der Waals surface area contributed by atoms with E-state index in [0.717, 1.165) is 65.7 Å². The third-order valence-electron chi connectivity index (χ3n) is 6.82. The van der Waals surface area contributed by atoms with Gasteiger partial charge in [0.2, 0.25) is 0 Å². The van der Waals surface area contributed by atoms with E-state index in [0.29, 0.717) is 5.56 Å². The summed E-state index contributed by atoms with van der Waals surface area (Å²) in [6, 6.07) is 22.3. The molecule has 5 rings (SSSR count). The van der Waals surface area contributed by atoms with Crippen LogP contribution in [0.25, 0.3) is 28.0 Å². The second-order valence-corrected chi connectivity index (χ2v) is 9.49. The Morgan fingerprint density at radius 3 is 2.32 bits per heavy atom. The fraction of sp³-hybridized carbons (Fsp3) is 0.286. The number of hydrogen-bond donors (Lipinski definition) is 0. The van der Waals surface area contributed by atoms with E-state index in [1.807, 2.05) is 36.4 Å². The number of halogens is 1. The molecule has 1 atom stereocenters. The zero-order chi connectivity index (χ0) is 23.7. The van der Waals surface area contributed by atoms with Gasteiger partial charge in [0.15, 0.2) is 0 Å². The number of imidazole rings is 1. The van der Waals surface area contributed by atoms with Crippen LogP contribution in [0.3, 0.4) is 0 Å². The summed E-state index contributed by atoms with van der Waals surface area (Å²) < 4.78 is 2.25. The Morgan fingerprint density at radius 1 is 0.882 bits per heavy atom. The van der Waals surface area contributed by atoms with E-state index in [2.05, 4.69) is 64.7 Å². The Morgan fingerprint density at radius 2 is 1.59 bits per heavy atom. The van der Waals surface area contributed by atoms with Crippen LogP contribution in [0.5, 0.6) is 0 Å². The van der Waals surface area contributed by atoms with E-state index in [1.54, 1.807) is 0 Å². The van der Waals surface area contributed by atoms with Gasteiger partial charge in [0, 0.05) is 42.5 Å². The molecule has 6 heteroatoms. The van der Waals surface area contributed by atoms with E-state index in [1.165, 1.54) is 5.69 Å². The second kappa shape index (κ2) is 9.60. The van der Waals surface area contributed by atoms with Gasteiger partial charge in [-0.2, -0.15) is 5.26 Å². The maximum Gasteiger partial charge on any atom is 0.137 e. The van der Waals surface area contributed by atoms with Crippen LogP contribution in [0.4, 0.5) is 0 Å². The molecule has 4 aromatic rings. The van der Waals surface area contributed by atoms with E-state index in [4.69, 9.17) is 16.6 Å². The zero-order valence-electron chi connectivity index (χ0n) is 19.6. The molecule has 5 nitrogen and oxygen atoms in total. The predicted molar refractivity (Wildman–Crippen MR) is 138 cm³/mol. The number of fused-ring (bicyclic) bond motifs is 1. The Labute approximate surface area is 205 Å². The summed E-state index contributed by atoms with van der Waals surface area (Å²) in [5.74, 6) is 0. The zero-order valence-corrected chi connectivity index (χ0v) is 20.3. The normalized spacial score (nSPS) is 16.3. The van der Waals surface area contributed by atoms with Crippen LogP contribution in [0.15, 0.2) is 66.9 Å². The summed E-state index contributed by atoms with van der Waals surface area (Å²) in [4.78, 5) is 10.0. The average Bonchev–Trinajstić information content (AvgIpc) is 3.10. The van der Waals surface area contributed by atoms with Crippen molar-refractivity contribution in [2.24, 2.45) is 0 Å². The Balaban J connectivity index is 1.65. The maximum absolute atomic E-state index is 9.24. The molecule has 1 saturated heterocycles. The number of likely N-dealkylation sites (N-methyl/N-ethyl adjacent to an activating group) is 1. The molecule has 1 unspecified atom stereocenters. The van der Waals surface area contributed by atoms with Crippen LogP contribution >= 0.6 is 11.6 Å². The van der Waals surface area contributed by atoms with Crippen molar-refractivity contribution in [2.75, 3.05) is 33.2 Å². The second-order valence-electron chi connectivity index (χ2n) is 9.06. The first-order valence-corrected chi connectivity index (χ1v) is 12.1. The third-order valence-corrected chi connectivity index (χ3v) is 7.07. The molecule has 0 saturated carbocycles. The quantitative estimate of drug-likeness (QED) is 0.373. The van der Waals surface area contributed by atoms with E-state index >= 15 is 0 Å². The van der Waals surface area contributed by atoms with Crippen molar-refractivity contribution >= 4 is 17.2 Å². The monoisotopic (exact) mass is 469 g/mol. The van der Waals surface area contributed by atoms with E-state index < -0.39 is 0 Å². The fourth-order valence-corrected chi connectivity index (χ4v) is 4.94. The van der Waals surface area contributed by atoms with Crippen LogP contribution in [0.2, 0.25) is 5.02 Å². The smallest absolute Gasteiger partial charge is 0.137 e. The summed E-state index contributed by atoms with van der Waals surface area (Å²) in [6.45, 7) is 6.55. The van der Waals surface area contributed by atoms with Gasteiger partial charge in [-0.25, -0.2) is 4.98 Å². The minimum Gasteiger partial charge on any atom is -0.305 e. The summed E-state index contributed by atoms with van der Waals surface area (Å²) in [5, 5.41) is 9.97. The number of nitrogens with zero attached hydrogens (tertiary/aromatic N) is 5. The van der Waals surface area contributed by atoms with Crippen molar-refractivity contribution in [3.05, 3.63) is 83.1 Å². The van der Waals surface area contributed by atoms with Crippen molar-refractivity contribution in [2.45, 2.75) is 19.4 Å². The summed E-state index contributed by atoms with van der Waals surface area (Å²) >= 11 is 6.12. The molecule has 3 heterocycles. The standard InChI is InChI=1S/C28H28ClN5/c1-20(33-15-3-14-32(2)16-17-33)28-27(23-6-4-21(18-30)5-7-23)31-26-13-10-24(19-34(26)28)22-8-11-25(29)12-9-22/h4-13,19-20H,3,14-17H2,1-2H3. The highest BCUT2D eigenvalue weighted by atomic mass is 35.5. The number of rotatable bonds is 4. The van der Waals surface area contributed by atoms with Gasteiger partial charge < -0.3 is 9.30 Å². The van der Waals surface area contributed by atoms with E-state index in [9.17, 15) is 5.26 Å². The molecule has 0 amide bonds. The van der Waals surface area contributed by atoms with Crippen LogP contribution in [-0.4, -0.2) is 52.4 Å². The van der Waals surface area contributed by atoms with E-state index in [-0.39, 0.29) is 6.04 Å². The van der Waals surface area contributed by atoms with Crippen LogP contribution in [0, 0.1) is 11.3 Å². The Kier molecular flexibility index (Phi) is 6.38. The van der Waals surface area contributed by atoms with Crippen molar-refractivity contribution < 1.29 is 0 Å². The molecular weight excluding hydrogens is 442 g/mol. The van der Waals surface area contributed by atoms with Crippen LogP contribution in [-0.2, 0) is 0 Å². The Hall–Kier alpha value is -3.17. The highest BCUT2D eigenvalue weighted by Crippen LogP contribution is 2.34. The lowest BCUT2D eigenvalue weighted by molar-refractivity contribution is 0.213. The van der Waals surface area contributed by atoms with Crippen molar-refractivity contribution in [3.8, 4) is 28.5 Å². The van der Waals surface area contributed by atoms with Gasteiger partial charge in [-0.15, -0.1) is 0 Å². The number of pyridine rings is 1. The van der Waals surface area contributed by atoms with Crippen molar-refractivity contribution in [3.63, 3.8) is 0 Å². The molecular formula is C28H28ClN5. The highest BCUT2D eigenvalue weighted by molar-refractivity contribution is 6.30. The Bertz CT molecular complexity index is 1330. The molecule has 2 aromatic heterocycles. The fourth-order valence-electron chi connectivity index (χ4n) is 4.82. The first kappa shape index (κ1) is 22.6. The van der Waals surface area contributed by atoms with Gasteiger partial charge in [-0.3, -0.25) is 4.90 Å². The van der Waals surface area contributed by atoms with Gasteiger partial charge in [0.25, 0.3) is 0 Å². The highest BCUT2D eigenvalue weighted by Gasteiger charge is 2.26. The van der Waals surface area contributed by atoms with Gasteiger partial charge in [-0.05, 0) is 74.5 Å². The van der Waals surface area contributed by atoms with Crippen LogP contribution < -0.4 is 0 Å². The average molecular weight is 470 g/mol. The molecule has 0 spiro atoms. The molecule has 0 N–H and O–H groups in total. The molecule has 1 fully saturated rings. The first-order chi connectivity index (χ1) is 16.5. The molecule has 1 aliphatic rings. The minimum atomic E-state index is 0.188. The molecule has 0 aliphatic carbocycles. The van der Waals surface area contributed by atoms with Gasteiger partial charge in [-0.1, -0.05) is 35.9 Å². The third kappa shape index (κ3) is 4.45. The molecule has 172 valence electrons. The number of benzene rings is 2. The summed E-state index contributed by atoms with van der Waals surface area (Å²) in [6.07, 6.45) is 3.34. The van der Waals surface area contributed by atoms with Crippen LogP contribution in [0.1, 0.15) is 30.6 Å². The van der Waals surface area contributed by atoms with Gasteiger partial charge >= 0.3 is 0 Å². The first-order valence-electron chi connectivity index (χ1n) is 11.7. The number of aromatic nitrogens is 2. The number of hydrogen-bond acceptors (Lipinski definition) is 4. The molecule has 0 bridgehead atoms. The SMILES string of the molecule is CC(c1c(-c2ccc(C#N)cc2)nc2ccc(-c3ccc(Cl)cc3)cn12)N1CCCN(C)CC1. The summed E-state index contributed by atoms with van der Waals surface area (Å²) in [5.41, 5.74) is 7.01. The minimum absolute atomic E-state index is 0.188. The lowest BCUT2D eigenvalue weighted by Crippen LogP contribution is -2.32. The molecule has 2 aromatic carbocycles. The lowest BCUT2D eigenvalue weighted by atomic mass is 10.0. The maximum atomic E-state index is 9.24. The topological polar surface area (TPSA) is 47.6 Å². The van der Waals surface area contributed by atoms with Gasteiger partial charge in [0.05, 0.1) is 23.0 Å². The molecule has 1 aliphatic heterocycles. The predicted octanol–water partition coefficient (Wildman–Crippen LogP) is 5.89. The van der Waals surface area contributed by atoms with Gasteiger partial charge in [0.1, 0.15) is 5.65 Å². The molecule has 0 radical (unpaired) electrons. The summed E-state index contributed by atoms with van der Waals surface area (Å²) in [7, 11) is 2.20. The lowest BCUT2D eigenvalue weighted by Gasteiger charge is -2.28. The number of nitriles is 1. The molecule has 34 heavy (non-hydrogen) atoms. The largest absolute Gasteiger partial charge is 0.305 e.